The lowest BCUT2D eigenvalue weighted by Gasteiger charge is -2.39. The monoisotopic (exact) mass is 377 g/mol. The summed E-state index contributed by atoms with van der Waals surface area (Å²) < 4.78 is 0. The van der Waals surface area contributed by atoms with Crippen molar-refractivity contribution in [2.75, 3.05) is 36.0 Å². The van der Waals surface area contributed by atoms with Crippen molar-refractivity contribution in [1.29, 1.82) is 0 Å². The molecule has 2 amide bonds. The normalized spacial score (nSPS) is 18.5. The van der Waals surface area contributed by atoms with Gasteiger partial charge in [-0.15, -0.1) is 0 Å². The van der Waals surface area contributed by atoms with Gasteiger partial charge in [-0.05, 0) is 43.5 Å². The smallest absolute Gasteiger partial charge is 0.245 e. The van der Waals surface area contributed by atoms with Gasteiger partial charge in [0.05, 0.1) is 0 Å². The van der Waals surface area contributed by atoms with Crippen molar-refractivity contribution in [3.05, 3.63) is 60.2 Å². The van der Waals surface area contributed by atoms with Gasteiger partial charge in [-0.1, -0.05) is 36.4 Å². The molecule has 2 aliphatic rings. The maximum absolute atomic E-state index is 13.2. The fourth-order valence-electron chi connectivity index (χ4n) is 4.27. The predicted octanol–water partition coefficient (Wildman–Crippen LogP) is 3.09. The Morgan fingerprint density at radius 2 is 1.57 bits per heavy atom. The molecule has 4 rings (SSSR count). The molecular formula is C23H27N3O2. The molecule has 146 valence electrons. The summed E-state index contributed by atoms with van der Waals surface area (Å²) in [6, 6.07) is 17.8. The van der Waals surface area contributed by atoms with Crippen LogP contribution in [0.15, 0.2) is 54.6 Å². The topological polar surface area (TPSA) is 43.9 Å². The van der Waals surface area contributed by atoms with E-state index in [0.29, 0.717) is 19.5 Å². The molecule has 5 nitrogen and oxygen atoms in total. The lowest BCUT2D eigenvalue weighted by atomic mass is 10.1. The highest BCUT2D eigenvalue weighted by Crippen LogP contribution is 2.29. The number of anilines is 2. The zero-order valence-corrected chi connectivity index (χ0v) is 16.4. The van der Waals surface area contributed by atoms with E-state index in [9.17, 15) is 9.59 Å². The van der Waals surface area contributed by atoms with Crippen molar-refractivity contribution in [2.45, 2.75) is 32.2 Å². The standard InChI is InChI=1S/C23H27N3O2/c1-18(26-21-12-6-5-8-19(21)9-7-13-22(26)27)23(28)25-16-14-24(15-17-25)20-10-3-2-4-11-20/h2-6,8,10-12,18H,7,9,13-17H2,1H3. The number of para-hydroxylation sites is 2. The molecule has 0 spiro atoms. The molecule has 0 radical (unpaired) electrons. The minimum absolute atomic E-state index is 0.0396. The first-order valence-corrected chi connectivity index (χ1v) is 10.1. The first-order chi connectivity index (χ1) is 13.6. The molecule has 0 saturated carbocycles. The van der Waals surface area contributed by atoms with Crippen LogP contribution in [0.1, 0.15) is 25.3 Å². The molecule has 2 aromatic rings. The van der Waals surface area contributed by atoms with E-state index in [1.165, 1.54) is 5.69 Å². The second-order valence-corrected chi connectivity index (χ2v) is 7.57. The molecule has 0 aliphatic carbocycles. The van der Waals surface area contributed by atoms with Crippen molar-refractivity contribution in [2.24, 2.45) is 0 Å². The Kier molecular flexibility index (Phi) is 5.33. The second kappa shape index (κ2) is 8.05. The summed E-state index contributed by atoms with van der Waals surface area (Å²) in [4.78, 5) is 32.0. The Labute approximate surface area is 166 Å². The zero-order valence-electron chi connectivity index (χ0n) is 16.4. The van der Waals surface area contributed by atoms with E-state index in [0.717, 1.165) is 37.2 Å². The van der Waals surface area contributed by atoms with Crippen LogP contribution in [-0.4, -0.2) is 48.9 Å². The first kappa shape index (κ1) is 18.5. The molecule has 28 heavy (non-hydrogen) atoms. The maximum Gasteiger partial charge on any atom is 0.245 e. The summed E-state index contributed by atoms with van der Waals surface area (Å²) in [6.45, 7) is 4.86. The number of rotatable bonds is 3. The number of hydrogen-bond acceptors (Lipinski definition) is 3. The van der Waals surface area contributed by atoms with Gasteiger partial charge in [-0.25, -0.2) is 0 Å². The number of amides is 2. The number of hydrogen-bond donors (Lipinski definition) is 0. The van der Waals surface area contributed by atoms with E-state index in [1.54, 1.807) is 4.90 Å². The molecule has 5 heteroatoms. The molecule has 0 N–H and O–H groups in total. The van der Waals surface area contributed by atoms with Crippen molar-refractivity contribution < 1.29 is 9.59 Å². The van der Waals surface area contributed by atoms with Crippen LogP contribution in [0.25, 0.3) is 0 Å². The average Bonchev–Trinajstić information content (AvgIpc) is 2.91. The highest BCUT2D eigenvalue weighted by molar-refractivity contribution is 6.01. The molecule has 1 atom stereocenters. The van der Waals surface area contributed by atoms with Crippen LogP contribution in [0, 0.1) is 0 Å². The SMILES string of the molecule is CC(C(=O)N1CCN(c2ccccc2)CC1)N1C(=O)CCCc2ccccc21. The summed E-state index contributed by atoms with van der Waals surface area (Å²) in [5.74, 6) is 0.0893. The first-order valence-electron chi connectivity index (χ1n) is 10.1. The van der Waals surface area contributed by atoms with Crippen molar-refractivity contribution in [1.82, 2.24) is 4.90 Å². The van der Waals surface area contributed by atoms with E-state index in [-0.39, 0.29) is 11.8 Å². The average molecular weight is 377 g/mol. The van der Waals surface area contributed by atoms with Crippen LogP contribution in [0.5, 0.6) is 0 Å². The van der Waals surface area contributed by atoms with Crippen LogP contribution in [0.3, 0.4) is 0 Å². The molecule has 1 fully saturated rings. The van der Waals surface area contributed by atoms with Gasteiger partial charge in [0, 0.05) is 44.0 Å². The number of carbonyl (C=O) groups excluding carboxylic acids is 2. The summed E-state index contributed by atoms with van der Waals surface area (Å²) >= 11 is 0. The summed E-state index contributed by atoms with van der Waals surface area (Å²) in [6.07, 6.45) is 2.21. The van der Waals surface area contributed by atoms with Gasteiger partial charge in [0.2, 0.25) is 11.8 Å². The molecule has 2 heterocycles. The Bertz CT molecular complexity index is 844. The van der Waals surface area contributed by atoms with E-state index >= 15 is 0 Å². The van der Waals surface area contributed by atoms with Gasteiger partial charge in [0.25, 0.3) is 0 Å². The van der Waals surface area contributed by atoms with Gasteiger partial charge < -0.3 is 9.80 Å². The third kappa shape index (κ3) is 3.61. The predicted molar refractivity (Wildman–Crippen MR) is 112 cm³/mol. The third-order valence-electron chi connectivity index (χ3n) is 5.81. The van der Waals surface area contributed by atoms with Crippen molar-refractivity contribution in [3.63, 3.8) is 0 Å². The van der Waals surface area contributed by atoms with Crippen LogP contribution < -0.4 is 9.80 Å². The second-order valence-electron chi connectivity index (χ2n) is 7.57. The van der Waals surface area contributed by atoms with Crippen LogP contribution in [0.2, 0.25) is 0 Å². The maximum atomic E-state index is 13.2. The van der Waals surface area contributed by atoms with E-state index < -0.39 is 6.04 Å². The Morgan fingerprint density at radius 1 is 0.893 bits per heavy atom. The third-order valence-corrected chi connectivity index (χ3v) is 5.81. The van der Waals surface area contributed by atoms with E-state index in [1.807, 2.05) is 48.2 Å². The van der Waals surface area contributed by atoms with Crippen molar-refractivity contribution in [3.8, 4) is 0 Å². The highest BCUT2D eigenvalue weighted by atomic mass is 16.2. The lowest BCUT2D eigenvalue weighted by molar-refractivity contribution is -0.134. The van der Waals surface area contributed by atoms with Crippen molar-refractivity contribution >= 4 is 23.2 Å². The quantitative estimate of drug-likeness (QED) is 0.826. The molecule has 0 bridgehead atoms. The minimum Gasteiger partial charge on any atom is -0.368 e. The molecule has 1 unspecified atom stereocenters. The van der Waals surface area contributed by atoms with Gasteiger partial charge in [0.15, 0.2) is 0 Å². The Hall–Kier alpha value is -2.82. The Balaban J connectivity index is 1.47. The zero-order chi connectivity index (χ0) is 19.5. The van der Waals surface area contributed by atoms with E-state index in [2.05, 4.69) is 23.1 Å². The number of carbonyl (C=O) groups is 2. The summed E-state index contributed by atoms with van der Waals surface area (Å²) in [7, 11) is 0. The molecular weight excluding hydrogens is 350 g/mol. The number of nitrogens with zero attached hydrogens (tertiary/aromatic N) is 3. The lowest BCUT2D eigenvalue weighted by Crippen LogP contribution is -2.55. The number of piperazine rings is 1. The molecule has 1 saturated heterocycles. The van der Waals surface area contributed by atoms with Gasteiger partial charge >= 0.3 is 0 Å². The molecule has 2 aromatic carbocycles. The number of fused-ring (bicyclic) bond motifs is 1. The van der Waals surface area contributed by atoms with Crippen LogP contribution >= 0.6 is 0 Å². The van der Waals surface area contributed by atoms with Gasteiger partial charge in [-0.2, -0.15) is 0 Å². The van der Waals surface area contributed by atoms with Gasteiger partial charge in [-0.3, -0.25) is 14.5 Å². The van der Waals surface area contributed by atoms with Gasteiger partial charge in [0.1, 0.15) is 6.04 Å². The molecule has 0 aromatic heterocycles. The number of benzene rings is 2. The largest absolute Gasteiger partial charge is 0.368 e. The fourth-order valence-corrected chi connectivity index (χ4v) is 4.27. The fraction of sp³-hybridized carbons (Fsp3) is 0.391. The minimum atomic E-state index is -0.477. The van der Waals surface area contributed by atoms with Crippen LogP contribution in [0.4, 0.5) is 11.4 Å². The highest BCUT2D eigenvalue weighted by Gasteiger charge is 2.33. The summed E-state index contributed by atoms with van der Waals surface area (Å²) in [5.41, 5.74) is 3.25. The Morgan fingerprint density at radius 3 is 2.32 bits per heavy atom. The number of aryl methyl sites for hydroxylation is 1. The van der Waals surface area contributed by atoms with E-state index in [4.69, 9.17) is 0 Å². The van der Waals surface area contributed by atoms with Crippen LogP contribution in [-0.2, 0) is 16.0 Å². The molecule has 2 aliphatic heterocycles. The summed E-state index contributed by atoms with van der Waals surface area (Å²) in [5, 5.41) is 0.